The Bertz CT molecular complexity index is 1140. The molecule has 9 aliphatic carbocycles. The SMILES string of the molecule is CCC1C2CC2C2C(N)C3C4C5C6C7C8C(C)C(C)C(C)C8C(CC)C7C6(C)C5(C)C4(C)C(C)C3(CC)C(C)C12. The van der Waals surface area contributed by atoms with Crippen LogP contribution in [0.5, 0.6) is 0 Å². The molecule has 0 radical (unpaired) electrons. The lowest BCUT2D eigenvalue weighted by Gasteiger charge is -2.93. The first kappa shape index (κ1) is 26.4. The van der Waals surface area contributed by atoms with Gasteiger partial charge >= 0.3 is 0 Å². The zero-order valence-corrected chi connectivity index (χ0v) is 28.0. The molecule has 0 aromatic carbocycles. The summed E-state index contributed by atoms with van der Waals surface area (Å²) in [6, 6.07) is 0.472. The smallest absolute Gasteiger partial charge is 0.0110 e. The summed E-state index contributed by atoms with van der Waals surface area (Å²) in [4.78, 5) is 0. The minimum absolute atomic E-state index is 0.464. The Morgan fingerprint density at radius 1 is 0.600 bits per heavy atom. The Labute approximate surface area is 247 Å². The molecule has 0 saturated heterocycles. The predicted octanol–water partition coefficient (Wildman–Crippen LogP) is 8.87. The van der Waals surface area contributed by atoms with E-state index in [1.807, 2.05) is 0 Å². The van der Waals surface area contributed by atoms with E-state index in [2.05, 4.69) is 76.2 Å². The molecule has 9 rings (SSSR count). The number of rotatable bonds is 3. The van der Waals surface area contributed by atoms with Crippen LogP contribution < -0.4 is 5.73 Å². The van der Waals surface area contributed by atoms with Gasteiger partial charge in [-0.25, -0.2) is 0 Å². The highest BCUT2D eigenvalue weighted by Gasteiger charge is 2.97. The topological polar surface area (TPSA) is 26.0 Å². The van der Waals surface area contributed by atoms with Gasteiger partial charge in [-0.05, 0) is 147 Å². The largest absolute Gasteiger partial charge is 0.327 e. The number of hydrogen-bond donors (Lipinski definition) is 1. The molecule has 40 heavy (non-hydrogen) atoms. The second-order valence-corrected chi connectivity index (χ2v) is 19.1. The molecule has 0 heterocycles. The maximum absolute atomic E-state index is 7.77. The Morgan fingerprint density at radius 3 is 1.88 bits per heavy atom. The van der Waals surface area contributed by atoms with Crippen molar-refractivity contribution in [3.8, 4) is 0 Å². The molecular weight excluding hydrogens is 482 g/mol. The predicted molar refractivity (Wildman–Crippen MR) is 165 cm³/mol. The monoisotopic (exact) mass is 545 g/mol. The van der Waals surface area contributed by atoms with E-state index in [1.54, 1.807) is 0 Å². The van der Waals surface area contributed by atoms with Crippen LogP contribution in [-0.4, -0.2) is 6.04 Å². The van der Waals surface area contributed by atoms with Gasteiger partial charge in [-0.2, -0.15) is 0 Å². The summed E-state index contributed by atoms with van der Waals surface area (Å²) in [5, 5.41) is 0. The summed E-state index contributed by atoms with van der Waals surface area (Å²) in [7, 11) is 0. The lowest BCUT2D eigenvalue weighted by molar-refractivity contribution is -0.462. The molecule has 24 atom stereocenters. The molecule has 9 fully saturated rings. The lowest BCUT2D eigenvalue weighted by Crippen LogP contribution is -2.89. The van der Waals surface area contributed by atoms with E-state index in [9.17, 15) is 0 Å². The average molecular weight is 546 g/mol. The molecule has 0 amide bonds. The number of nitrogens with two attached hydrogens (primary N) is 1. The first-order valence-electron chi connectivity index (χ1n) is 18.6. The minimum Gasteiger partial charge on any atom is -0.327 e. The second-order valence-electron chi connectivity index (χ2n) is 19.1. The molecule has 1 heteroatoms. The van der Waals surface area contributed by atoms with E-state index in [-0.39, 0.29) is 0 Å². The van der Waals surface area contributed by atoms with Crippen LogP contribution in [0.15, 0.2) is 0 Å². The van der Waals surface area contributed by atoms with Gasteiger partial charge in [0.15, 0.2) is 0 Å². The third-order valence-corrected chi connectivity index (χ3v) is 20.7. The molecule has 0 aliphatic heterocycles. The van der Waals surface area contributed by atoms with Gasteiger partial charge in [0.05, 0.1) is 0 Å². The van der Waals surface area contributed by atoms with E-state index < -0.39 is 0 Å². The molecular formula is C39H63N. The first-order chi connectivity index (χ1) is 18.9. The van der Waals surface area contributed by atoms with E-state index in [1.165, 1.54) is 25.7 Å². The molecule has 0 bridgehead atoms. The summed E-state index contributed by atoms with van der Waals surface area (Å²) in [5.41, 5.74) is 9.82. The maximum atomic E-state index is 7.77. The Kier molecular flexibility index (Phi) is 4.78. The maximum Gasteiger partial charge on any atom is 0.0110 e. The van der Waals surface area contributed by atoms with Crippen LogP contribution in [0.25, 0.3) is 0 Å². The fraction of sp³-hybridized carbons (Fsp3) is 1.00. The van der Waals surface area contributed by atoms with Crippen LogP contribution in [0.3, 0.4) is 0 Å². The van der Waals surface area contributed by atoms with Gasteiger partial charge in [-0.1, -0.05) is 89.0 Å². The van der Waals surface area contributed by atoms with Crippen molar-refractivity contribution in [1.29, 1.82) is 0 Å². The first-order valence-corrected chi connectivity index (χ1v) is 18.6. The van der Waals surface area contributed by atoms with Crippen LogP contribution in [0.2, 0.25) is 0 Å². The summed E-state index contributed by atoms with van der Waals surface area (Å²) < 4.78 is 0. The van der Waals surface area contributed by atoms with Crippen molar-refractivity contribution in [2.24, 2.45) is 140 Å². The van der Waals surface area contributed by atoms with Crippen LogP contribution >= 0.6 is 0 Å². The van der Waals surface area contributed by atoms with Crippen molar-refractivity contribution in [1.82, 2.24) is 0 Å². The van der Waals surface area contributed by atoms with Crippen LogP contribution in [-0.2, 0) is 0 Å². The molecule has 224 valence electrons. The molecule has 0 aromatic rings. The van der Waals surface area contributed by atoms with E-state index in [0.29, 0.717) is 27.7 Å². The van der Waals surface area contributed by atoms with Gasteiger partial charge in [-0.15, -0.1) is 0 Å². The van der Waals surface area contributed by atoms with Gasteiger partial charge in [0.2, 0.25) is 0 Å². The Morgan fingerprint density at radius 2 is 1.25 bits per heavy atom. The number of fused-ring (bicyclic) bond motifs is 17. The van der Waals surface area contributed by atoms with Crippen molar-refractivity contribution >= 4 is 0 Å². The van der Waals surface area contributed by atoms with E-state index in [0.717, 1.165) is 112 Å². The molecule has 0 spiro atoms. The lowest BCUT2D eigenvalue weighted by atomic mass is 9.11. The number of hydrogen-bond acceptors (Lipinski definition) is 1. The highest BCUT2D eigenvalue weighted by molar-refractivity contribution is 5.43. The Balaban J connectivity index is 1.17. The van der Waals surface area contributed by atoms with Crippen molar-refractivity contribution in [3.05, 3.63) is 0 Å². The van der Waals surface area contributed by atoms with Crippen molar-refractivity contribution in [2.45, 2.75) is 108 Å². The molecule has 2 N–H and O–H groups in total. The zero-order chi connectivity index (χ0) is 28.4. The standard InChI is InChI=1S/C39H63N/c1-12-21-23-15-24(23)28-27(21)19(7)39(14-3)20(8)36(9)32(34(39)35(28)40)33-31-29-26-18(6)16(4)17(5)25(26)22(13-2)30(29)37(31,10)38(33,36)11/h16-35H,12-15,40H2,1-11H3. The van der Waals surface area contributed by atoms with E-state index >= 15 is 0 Å². The van der Waals surface area contributed by atoms with Crippen LogP contribution in [0, 0.1) is 134 Å². The van der Waals surface area contributed by atoms with E-state index in [4.69, 9.17) is 5.73 Å². The summed E-state index contributed by atoms with van der Waals surface area (Å²) in [6.07, 6.45) is 5.72. The molecule has 0 aromatic heterocycles. The highest BCUT2D eigenvalue weighted by Crippen LogP contribution is 3.00. The van der Waals surface area contributed by atoms with Gasteiger partial charge in [0.25, 0.3) is 0 Å². The van der Waals surface area contributed by atoms with Gasteiger partial charge in [0.1, 0.15) is 0 Å². The normalized spacial score (nSPS) is 75.6. The zero-order valence-electron chi connectivity index (χ0n) is 28.0. The third kappa shape index (κ3) is 2.05. The van der Waals surface area contributed by atoms with Gasteiger partial charge in [-0.3, -0.25) is 0 Å². The Hall–Kier alpha value is -0.0400. The molecule has 24 unspecified atom stereocenters. The van der Waals surface area contributed by atoms with Crippen molar-refractivity contribution in [3.63, 3.8) is 0 Å². The average Bonchev–Trinajstić information content (AvgIpc) is 3.42. The highest BCUT2D eigenvalue weighted by atomic mass is 15.0. The molecule has 9 saturated carbocycles. The van der Waals surface area contributed by atoms with Crippen molar-refractivity contribution in [2.75, 3.05) is 0 Å². The molecule has 9 aliphatic rings. The fourth-order valence-electron chi connectivity index (χ4n) is 19.5. The van der Waals surface area contributed by atoms with Crippen LogP contribution in [0.1, 0.15) is 102 Å². The second kappa shape index (κ2) is 7.26. The third-order valence-electron chi connectivity index (χ3n) is 20.7. The fourth-order valence-corrected chi connectivity index (χ4v) is 19.5. The minimum atomic E-state index is 0.464. The van der Waals surface area contributed by atoms with Gasteiger partial charge in [0, 0.05) is 6.04 Å². The van der Waals surface area contributed by atoms with Crippen LogP contribution in [0.4, 0.5) is 0 Å². The quantitative estimate of drug-likeness (QED) is 0.352. The van der Waals surface area contributed by atoms with Crippen molar-refractivity contribution < 1.29 is 0 Å². The van der Waals surface area contributed by atoms with Gasteiger partial charge < -0.3 is 5.73 Å². The summed E-state index contributed by atoms with van der Waals surface area (Å²) in [6.45, 7) is 29.8. The molecule has 1 nitrogen and oxygen atoms in total. The summed E-state index contributed by atoms with van der Waals surface area (Å²) >= 11 is 0. The summed E-state index contributed by atoms with van der Waals surface area (Å²) in [5.74, 6) is 17.9.